The highest BCUT2D eigenvalue weighted by atomic mass is 16.6. The van der Waals surface area contributed by atoms with Crippen molar-refractivity contribution in [3.8, 4) is 0 Å². The quantitative estimate of drug-likeness (QED) is 0.384. The Kier molecular flexibility index (Phi) is 5.47. The van der Waals surface area contributed by atoms with E-state index in [0.29, 0.717) is 6.07 Å². The number of benzene rings is 2. The SMILES string of the molecule is CC(C(=O)c1ccccc1)C1c2cc([N+](=O)[O-])cc([N+](=O)[O-])c2N(C)C(=O)C1[N+](=O)[O-]. The summed E-state index contributed by atoms with van der Waals surface area (Å²) in [7, 11) is 1.12. The second-order valence-electron chi connectivity index (χ2n) is 7.09. The lowest BCUT2D eigenvalue weighted by molar-refractivity contribution is -0.512. The smallest absolute Gasteiger partial charge is 0.302 e. The van der Waals surface area contributed by atoms with Crippen LogP contribution in [0.15, 0.2) is 42.5 Å². The predicted molar refractivity (Wildman–Crippen MR) is 107 cm³/mol. The van der Waals surface area contributed by atoms with Crippen molar-refractivity contribution in [2.45, 2.75) is 18.9 Å². The van der Waals surface area contributed by atoms with Crippen LogP contribution in [0.2, 0.25) is 0 Å². The van der Waals surface area contributed by atoms with Gasteiger partial charge in [0.25, 0.3) is 17.4 Å². The zero-order chi connectivity index (χ0) is 23.0. The van der Waals surface area contributed by atoms with Crippen molar-refractivity contribution >= 4 is 28.8 Å². The Bertz CT molecular complexity index is 1120. The maximum Gasteiger partial charge on any atom is 0.302 e. The molecule has 1 amide bonds. The molecular weight excluding hydrogens is 412 g/mol. The van der Waals surface area contributed by atoms with Crippen LogP contribution in [0, 0.1) is 36.3 Å². The molecule has 2 aromatic rings. The second kappa shape index (κ2) is 7.89. The molecule has 12 heteroatoms. The minimum Gasteiger partial charge on any atom is -0.303 e. The largest absolute Gasteiger partial charge is 0.303 e. The van der Waals surface area contributed by atoms with Crippen molar-refractivity contribution in [3.05, 3.63) is 83.9 Å². The molecule has 0 radical (unpaired) electrons. The number of amides is 1. The van der Waals surface area contributed by atoms with E-state index in [1.165, 1.54) is 19.1 Å². The summed E-state index contributed by atoms with van der Waals surface area (Å²) in [4.78, 5) is 58.7. The molecule has 1 aliphatic rings. The molecule has 0 bridgehead atoms. The van der Waals surface area contributed by atoms with Crippen LogP contribution in [-0.4, -0.2) is 39.5 Å². The second-order valence-corrected chi connectivity index (χ2v) is 7.09. The first-order valence-electron chi connectivity index (χ1n) is 9.03. The summed E-state index contributed by atoms with van der Waals surface area (Å²) >= 11 is 0. The van der Waals surface area contributed by atoms with Crippen molar-refractivity contribution in [2.75, 3.05) is 11.9 Å². The Hall–Kier alpha value is -4.22. The molecule has 12 nitrogen and oxygen atoms in total. The maximum absolute atomic E-state index is 13.0. The Balaban J connectivity index is 2.30. The third-order valence-corrected chi connectivity index (χ3v) is 5.37. The van der Waals surface area contributed by atoms with Crippen LogP contribution in [0.25, 0.3) is 0 Å². The molecule has 160 valence electrons. The lowest BCUT2D eigenvalue weighted by Gasteiger charge is -2.35. The Morgan fingerprint density at radius 1 is 1.03 bits per heavy atom. The van der Waals surface area contributed by atoms with Crippen LogP contribution in [0.1, 0.15) is 28.8 Å². The summed E-state index contributed by atoms with van der Waals surface area (Å²) in [5, 5.41) is 34.8. The number of Topliss-reactive ketones (excluding diaryl/α,β-unsaturated/α-hetero) is 1. The number of hydrogen-bond donors (Lipinski definition) is 0. The third-order valence-electron chi connectivity index (χ3n) is 5.37. The highest BCUT2D eigenvalue weighted by molar-refractivity contribution is 6.05. The molecule has 0 N–H and O–H groups in total. The van der Waals surface area contributed by atoms with Crippen LogP contribution in [0.4, 0.5) is 17.1 Å². The number of fused-ring (bicyclic) bond motifs is 1. The number of hydrogen-bond acceptors (Lipinski definition) is 8. The minimum absolute atomic E-state index is 0.165. The van der Waals surface area contributed by atoms with Crippen molar-refractivity contribution < 1.29 is 24.4 Å². The molecule has 1 aliphatic heterocycles. The summed E-state index contributed by atoms with van der Waals surface area (Å²) in [6, 6.07) is 7.55. The fraction of sp³-hybridized carbons (Fsp3) is 0.263. The average Bonchev–Trinajstić information content (AvgIpc) is 2.74. The molecule has 2 aromatic carbocycles. The van der Waals surface area contributed by atoms with Crippen LogP contribution in [-0.2, 0) is 4.79 Å². The van der Waals surface area contributed by atoms with Gasteiger partial charge in [-0.15, -0.1) is 0 Å². The van der Waals surface area contributed by atoms with E-state index in [2.05, 4.69) is 0 Å². The van der Waals surface area contributed by atoms with E-state index in [1.807, 2.05) is 0 Å². The molecule has 31 heavy (non-hydrogen) atoms. The highest BCUT2D eigenvalue weighted by Gasteiger charge is 2.53. The zero-order valence-corrected chi connectivity index (χ0v) is 16.3. The van der Waals surface area contributed by atoms with Gasteiger partial charge in [0.2, 0.25) is 0 Å². The van der Waals surface area contributed by atoms with Gasteiger partial charge in [0.05, 0.1) is 21.8 Å². The standard InChI is InChI=1S/C19H16N4O8/c1-10(18(24)11-6-4-3-5-7-11)15-13-8-12(21(26)27)9-14(22(28)29)16(13)20(2)19(25)17(15)23(30)31/h3-10,15,17H,1-2H3. The van der Waals surface area contributed by atoms with Gasteiger partial charge in [-0.25, -0.2) is 0 Å². The number of ketones is 1. The van der Waals surface area contributed by atoms with Crippen molar-refractivity contribution in [2.24, 2.45) is 5.92 Å². The molecule has 3 unspecified atom stereocenters. The molecule has 0 aromatic heterocycles. The zero-order valence-electron chi connectivity index (χ0n) is 16.3. The van der Waals surface area contributed by atoms with E-state index in [0.717, 1.165) is 18.0 Å². The highest BCUT2D eigenvalue weighted by Crippen LogP contribution is 2.47. The number of carbonyl (C=O) groups excluding carboxylic acids is 2. The fourth-order valence-corrected chi connectivity index (χ4v) is 3.91. The molecule has 0 saturated heterocycles. The van der Waals surface area contributed by atoms with Gasteiger partial charge in [0.1, 0.15) is 5.69 Å². The van der Waals surface area contributed by atoms with E-state index >= 15 is 0 Å². The topological polar surface area (TPSA) is 167 Å². The van der Waals surface area contributed by atoms with E-state index in [-0.39, 0.29) is 16.8 Å². The Morgan fingerprint density at radius 2 is 1.65 bits per heavy atom. The van der Waals surface area contributed by atoms with Gasteiger partial charge < -0.3 is 4.90 Å². The Labute approximate surface area is 174 Å². The molecule has 0 saturated carbocycles. The molecule has 3 atom stereocenters. The van der Waals surface area contributed by atoms with E-state index in [1.54, 1.807) is 18.2 Å². The number of nitro groups is 3. The summed E-state index contributed by atoms with van der Waals surface area (Å²) in [5.74, 6) is -4.20. The van der Waals surface area contributed by atoms with Crippen LogP contribution in [0.5, 0.6) is 0 Å². The van der Waals surface area contributed by atoms with E-state index in [4.69, 9.17) is 0 Å². The monoisotopic (exact) mass is 428 g/mol. The van der Waals surface area contributed by atoms with E-state index < -0.39 is 55.7 Å². The predicted octanol–water partition coefficient (Wildman–Crippen LogP) is 2.73. The normalized spacial score (nSPS) is 18.8. The summed E-state index contributed by atoms with van der Waals surface area (Å²) in [6.45, 7) is 1.36. The van der Waals surface area contributed by atoms with Gasteiger partial charge in [0.15, 0.2) is 5.78 Å². The number of likely N-dealkylation sites (N-methyl/N-ethyl adjacent to an activating group) is 1. The van der Waals surface area contributed by atoms with Gasteiger partial charge in [-0.05, 0) is 0 Å². The molecular formula is C19H16N4O8. The van der Waals surface area contributed by atoms with Gasteiger partial charge in [-0.1, -0.05) is 37.3 Å². The Morgan fingerprint density at radius 3 is 2.16 bits per heavy atom. The number of nitro benzene ring substituents is 2. The molecule has 0 spiro atoms. The van der Waals surface area contributed by atoms with Gasteiger partial charge in [0, 0.05) is 35.1 Å². The number of rotatable bonds is 6. The van der Waals surface area contributed by atoms with Gasteiger partial charge in [-0.3, -0.25) is 39.9 Å². The van der Waals surface area contributed by atoms with Crippen LogP contribution >= 0.6 is 0 Å². The maximum atomic E-state index is 13.0. The summed E-state index contributed by atoms with van der Waals surface area (Å²) < 4.78 is 0. The lowest BCUT2D eigenvalue weighted by atomic mass is 9.74. The molecule has 0 aliphatic carbocycles. The first-order valence-corrected chi connectivity index (χ1v) is 9.03. The van der Waals surface area contributed by atoms with Crippen molar-refractivity contribution in [3.63, 3.8) is 0 Å². The third kappa shape index (κ3) is 3.58. The van der Waals surface area contributed by atoms with Gasteiger partial charge >= 0.3 is 5.91 Å². The molecule has 3 rings (SSSR count). The number of anilines is 1. The summed E-state index contributed by atoms with van der Waals surface area (Å²) in [6.07, 6.45) is 0. The molecule has 0 fully saturated rings. The van der Waals surface area contributed by atoms with Crippen molar-refractivity contribution in [1.29, 1.82) is 0 Å². The van der Waals surface area contributed by atoms with Gasteiger partial charge in [-0.2, -0.15) is 0 Å². The van der Waals surface area contributed by atoms with Crippen molar-refractivity contribution in [1.82, 2.24) is 0 Å². The van der Waals surface area contributed by atoms with E-state index in [9.17, 15) is 39.9 Å². The van der Waals surface area contributed by atoms with Crippen LogP contribution < -0.4 is 4.90 Å². The summed E-state index contributed by atoms with van der Waals surface area (Å²) in [5.41, 5.74) is -1.64. The first kappa shape index (κ1) is 21.5. The first-order chi connectivity index (χ1) is 14.6. The minimum atomic E-state index is -1.94. The number of carbonyl (C=O) groups is 2. The fourth-order valence-electron chi connectivity index (χ4n) is 3.91. The van der Waals surface area contributed by atoms with Crippen LogP contribution in [0.3, 0.4) is 0 Å². The molecule has 1 heterocycles. The number of nitrogens with zero attached hydrogens (tertiary/aromatic N) is 4. The number of non-ortho nitro benzene ring substituents is 1. The lowest BCUT2D eigenvalue weighted by Crippen LogP contribution is -2.51. The average molecular weight is 428 g/mol.